The number of methoxy groups -OCH3 is 1. The summed E-state index contributed by atoms with van der Waals surface area (Å²) < 4.78 is 5.13. The van der Waals surface area contributed by atoms with Crippen molar-refractivity contribution in [2.24, 2.45) is 0 Å². The molecule has 2 aliphatic heterocycles. The molecule has 1 aromatic rings. The Morgan fingerprint density at radius 1 is 1.13 bits per heavy atom. The van der Waals surface area contributed by atoms with Crippen molar-refractivity contribution in [1.82, 2.24) is 0 Å². The van der Waals surface area contributed by atoms with Crippen LogP contribution in [0, 0.1) is 0 Å². The van der Waals surface area contributed by atoms with Crippen LogP contribution in [0.2, 0.25) is 0 Å². The van der Waals surface area contributed by atoms with Gasteiger partial charge in [-0.05, 0) is 31.2 Å². The molecule has 0 radical (unpaired) electrons. The molecule has 2 fully saturated rings. The number of ether oxygens (including phenoxy) is 1. The molecule has 0 aromatic heterocycles. The van der Waals surface area contributed by atoms with Crippen LogP contribution >= 0.6 is 0 Å². The molecule has 0 unspecified atom stereocenters. The summed E-state index contributed by atoms with van der Waals surface area (Å²) in [6, 6.07) is 6.87. The number of carbonyl (C=O) groups is 2. The number of carbonyl (C=O) groups excluding carboxylic acids is 2. The molecule has 1 aromatic carbocycles. The topological polar surface area (TPSA) is 55.5 Å². The summed E-state index contributed by atoms with van der Waals surface area (Å²) in [6.45, 7) is 7.39. The lowest BCUT2D eigenvalue weighted by Crippen LogP contribution is -3.29. The Labute approximate surface area is 136 Å². The number of quaternary nitrogens is 2. The van der Waals surface area contributed by atoms with Crippen molar-refractivity contribution in [2.75, 3.05) is 44.7 Å². The molecule has 2 N–H and O–H groups in total. The monoisotopic (exact) mass is 319 g/mol. The molecule has 0 aliphatic carbocycles. The molecule has 6 heteroatoms. The quantitative estimate of drug-likeness (QED) is 0.640. The fourth-order valence-corrected chi connectivity index (χ4v) is 3.58. The van der Waals surface area contributed by atoms with Crippen molar-refractivity contribution in [2.45, 2.75) is 19.4 Å². The summed E-state index contributed by atoms with van der Waals surface area (Å²) in [5.74, 6) is 0.562. The van der Waals surface area contributed by atoms with Crippen molar-refractivity contribution in [1.29, 1.82) is 0 Å². The minimum atomic E-state index is -0.219. The fraction of sp³-hybridized carbons (Fsp3) is 0.529. The van der Waals surface area contributed by atoms with E-state index in [-0.39, 0.29) is 17.9 Å². The Bertz CT molecular complexity index is 579. The zero-order chi connectivity index (χ0) is 16.4. The zero-order valence-corrected chi connectivity index (χ0v) is 13.8. The molecule has 2 amide bonds. The molecule has 1 atom stereocenters. The number of hydrogen-bond donors (Lipinski definition) is 2. The lowest BCUT2D eigenvalue weighted by Gasteiger charge is -2.31. The maximum Gasteiger partial charge on any atom is 0.292 e. The van der Waals surface area contributed by atoms with Gasteiger partial charge in [0.2, 0.25) is 5.91 Å². The highest BCUT2D eigenvalue weighted by molar-refractivity contribution is 6.21. The van der Waals surface area contributed by atoms with E-state index in [2.05, 4.69) is 6.92 Å². The van der Waals surface area contributed by atoms with Crippen LogP contribution in [0.5, 0.6) is 5.75 Å². The normalized spacial score (nSPS) is 28.3. The first kappa shape index (κ1) is 16.0. The van der Waals surface area contributed by atoms with Crippen LogP contribution in [0.25, 0.3) is 0 Å². The van der Waals surface area contributed by atoms with E-state index >= 15 is 0 Å². The third-order valence-electron chi connectivity index (χ3n) is 5.07. The number of imide groups is 1. The molecule has 0 spiro atoms. The Kier molecular flexibility index (Phi) is 4.63. The van der Waals surface area contributed by atoms with Crippen LogP contribution in [0.1, 0.15) is 13.3 Å². The third kappa shape index (κ3) is 3.09. The van der Waals surface area contributed by atoms with E-state index < -0.39 is 0 Å². The molecule has 2 aliphatic rings. The second-order valence-corrected chi connectivity index (χ2v) is 6.28. The van der Waals surface area contributed by atoms with Gasteiger partial charge < -0.3 is 14.5 Å². The van der Waals surface area contributed by atoms with Crippen molar-refractivity contribution < 1.29 is 24.1 Å². The molecule has 23 heavy (non-hydrogen) atoms. The lowest BCUT2D eigenvalue weighted by molar-refractivity contribution is -1.02. The smallest absolute Gasteiger partial charge is 0.292 e. The third-order valence-corrected chi connectivity index (χ3v) is 5.07. The van der Waals surface area contributed by atoms with E-state index in [0.29, 0.717) is 17.9 Å². The molecule has 2 heterocycles. The van der Waals surface area contributed by atoms with E-state index in [9.17, 15) is 9.59 Å². The van der Waals surface area contributed by atoms with Crippen LogP contribution in [0.15, 0.2) is 24.3 Å². The zero-order valence-electron chi connectivity index (χ0n) is 13.8. The number of piperazine rings is 1. The highest BCUT2D eigenvalue weighted by Gasteiger charge is 2.46. The van der Waals surface area contributed by atoms with Gasteiger partial charge in [0, 0.05) is 0 Å². The van der Waals surface area contributed by atoms with Crippen molar-refractivity contribution in [3.8, 4) is 5.75 Å². The number of nitrogens with zero attached hydrogens (tertiary/aromatic N) is 1. The predicted molar refractivity (Wildman–Crippen MR) is 85.8 cm³/mol. The number of amides is 2. The molecular weight excluding hydrogens is 294 g/mol. The summed E-state index contributed by atoms with van der Waals surface area (Å²) in [4.78, 5) is 29.3. The molecule has 2 saturated heterocycles. The SMILES string of the molecule is CC[NH+]1CC[NH+]([C@H]2CC(=O)N(c3ccc(OC)cc3)C2=O)CC1. The number of anilines is 1. The predicted octanol–water partition coefficient (Wildman–Crippen LogP) is -1.87. The van der Waals surface area contributed by atoms with E-state index in [1.165, 1.54) is 9.80 Å². The molecule has 3 rings (SSSR count). The van der Waals surface area contributed by atoms with Gasteiger partial charge >= 0.3 is 0 Å². The van der Waals surface area contributed by atoms with Gasteiger partial charge in [0.25, 0.3) is 5.91 Å². The van der Waals surface area contributed by atoms with Crippen LogP contribution in [0.4, 0.5) is 5.69 Å². The summed E-state index contributed by atoms with van der Waals surface area (Å²) >= 11 is 0. The van der Waals surface area contributed by atoms with Crippen LogP contribution in [-0.4, -0.2) is 57.7 Å². The fourth-order valence-electron chi connectivity index (χ4n) is 3.58. The van der Waals surface area contributed by atoms with Crippen molar-refractivity contribution in [3.05, 3.63) is 24.3 Å². The van der Waals surface area contributed by atoms with Gasteiger partial charge in [0.05, 0.1) is 25.8 Å². The first-order chi connectivity index (χ1) is 11.1. The first-order valence-corrected chi connectivity index (χ1v) is 8.33. The average Bonchev–Trinajstić information content (AvgIpc) is 2.89. The lowest BCUT2D eigenvalue weighted by atomic mass is 10.1. The van der Waals surface area contributed by atoms with Crippen LogP contribution < -0.4 is 19.4 Å². The van der Waals surface area contributed by atoms with Gasteiger partial charge in [-0.1, -0.05) is 0 Å². The van der Waals surface area contributed by atoms with Gasteiger partial charge in [0.15, 0.2) is 6.04 Å². The minimum Gasteiger partial charge on any atom is -0.497 e. The number of nitrogens with one attached hydrogen (secondary N) is 2. The summed E-state index contributed by atoms with van der Waals surface area (Å²) in [5.41, 5.74) is 0.639. The second kappa shape index (κ2) is 6.68. The van der Waals surface area contributed by atoms with Gasteiger partial charge in [-0.15, -0.1) is 0 Å². The summed E-state index contributed by atoms with van der Waals surface area (Å²) in [6.07, 6.45) is 0.321. The molecule has 0 saturated carbocycles. The first-order valence-electron chi connectivity index (χ1n) is 8.33. The number of benzene rings is 1. The minimum absolute atomic E-state index is 0.0601. The van der Waals surface area contributed by atoms with Gasteiger partial charge in [-0.25, -0.2) is 4.90 Å². The standard InChI is InChI=1S/C17H23N3O3/c1-3-18-8-10-19(11-9-18)15-12-16(21)20(17(15)22)13-4-6-14(23-2)7-5-13/h4-7,15H,3,8-12H2,1-2H3/p+2/t15-/m0/s1. The highest BCUT2D eigenvalue weighted by atomic mass is 16.5. The molecule has 0 bridgehead atoms. The van der Waals surface area contributed by atoms with Gasteiger partial charge in [0.1, 0.15) is 31.9 Å². The maximum absolute atomic E-state index is 12.8. The molecule has 124 valence electrons. The summed E-state index contributed by atoms with van der Waals surface area (Å²) in [7, 11) is 1.60. The second-order valence-electron chi connectivity index (χ2n) is 6.28. The van der Waals surface area contributed by atoms with E-state index in [4.69, 9.17) is 4.74 Å². The Morgan fingerprint density at radius 2 is 1.78 bits per heavy atom. The van der Waals surface area contributed by atoms with Gasteiger partial charge in [-0.3, -0.25) is 9.59 Å². The van der Waals surface area contributed by atoms with Crippen molar-refractivity contribution >= 4 is 17.5 Å². The molecule has 6 nitrogen and oxygen atoms in total. The van der Waals surface area contributed by atoms with Crippen molar-refractivity contribution in [3.63, 3.8) is 0 Å². The van der Waals surface area contributed by atoms with E-state index in [1.54, 1.807) is 36.3 Å². The van der Waals surface area contributed by atoms with Crippen LogP contribution in [0.3, 0.4) is 0 Å². The summed E-state index contributed by atoms with van der Waals surface area (Å²) in [5, 5.41) is 0. The Hall–Kier alpha value is -1.92. The average molecular weight is 319 g/mol. The van der Waals surface area contributed by atoms with Crippen LogP contribution in [-0.2, 0) is 9.59 Å². The Morgan fingerprint density at radius 3 is 2.35 bits per heavy atom. The Balaban J connectivity index is 1.72. The van der Waals surface area contributed by atoms with Gasteiger partial charge in [-0.2, -0.15) is 0 Å². The van der Waals surface area contributed by atoms with E-state index in [0.717, 1.165) is 32.7 Å². The largest absolute Gasteiger partial charge is 0.497 e. The number of rotatable bonds is 4. The number of likely N-dealkylation sites (N-methyl/N-ethyl adjacent to an activating group) is 1. The number of hydrogen-bond acceptors (Lipinski definition) is 3. The maximum atomic E-state index is 12.8. The molecular formula is C17H25N3O3+2. The highest BCUT2D eigenvalue weighted by Crippen LogP contribution is 2.24. The van der Waals surface area contributed by atoms with E-state index in [1.807, 2.05) is 0 Å².